The molecule has 1 aromatic carbocycles. The van der Waals surface area contributed by atoms with Crippen molar-refractivity contribution in [3.63, 3.8) is 0 Å². The van der Waals surface area contributed by atoms with Gasteiger partial charge in [0, 0.05) is 45.0 Å². The Morgan fingerprint density at radius 1 is 0.964 bits per heavy atom. The molecule has 4 rings (SSSR count). The van der Waals surface area contributed by atoms with Gasteiger partial charge in [-0.25, -0.2) is 13.8 Å². The summed E-state index contributed by atoms with van der Waals surface area (Å²) >= 11 is 0. The first-order valence-electron chi connectivity index (χ1n) is 10.1. The Morgan fingerprint density at radius 3 is 2.32 bits per heavy atom. The van der Waals surface area contributed by atoms with Crippen LogP contribution in [0.1, 0.15) is 12.8 Å². The quantitative estimate of drug-likeness (QED) is 0.752. The zero-order valence-corrected chi connectivity index (χ0v) is 16.1. The molecule has 2 fully saturated rings. The molecular weight excluding hydrogens is 364 g/mol. The number of hydrogen-bond acceptors (Lipinski definition) is 5. The largest absolute Gasteiger partial charge is 0.369 e. The molecule has 0 atom stereocenters. The summed E-state index contributed by atoms with van der Waals surface area (Å²) < 4.78 is 26.1. The predicted octanol–water partition coefficient (Wildman–Crippen LogP) is 1.88. The number of alkyl halides is 2. The molecule has 0 N–H and O–H groups in total. The molecule has 1 aromatic heterocycles. The number of aromatic nitrogens is 2. The van der Waals surface area contributed by atoms with E-state index in [1.165, 1.54) is 32.3 Å². The zero-order valence-electron chi connectivity index (χ0n) is 16.1. The van der Waals surface area contributed by atoms with Crippen LogP contribution in [0.2, 0.25) is 0 Å². The van der Waals surface area contributed by atoms with Crippen molar-refractivity contribution in [2.45, 2.75) is 25.8 Å². The Hall–Kier alpha value is -2.06. The second-order valence-corrected chi connectivity index (χ2v) is 7.67. The SMILES string of the molecule is O=c1c2ccc(N3CCN(CCN4CCCC4)CC3)cc2ncn1CC(F)F. The Morgan fingerprint density at radius 2 is 1.64 bits per heavy atom. The summed E-state index contributed by atoms with van der Waals surface area (Å²) in [5, 5.41) is 0.385. The number of benzene rings is 1. The Balaban J connectivity index is 1.38. The Labute approximate surface area is 163 Å². The number of rotatable bonds is 6. The standard InChI is InChI=1S/C20H27F2N5O/c21-19(22)14-27-15-23-18-13-16(3-4-17(18)20(27)28)26-11-9-25(10-12-26)8-7-24-5-1-2-6-24/h3-4,13,15,19H,1-2,5-12,14H2. The van der Waals surface area contributed by atoms with E-state index in [4.69, 9.17) is 0 Å². The highest BCUT2D eigenvalue weighted by Crippen LogP contribution is 2.20. The molecule has 2 saturated heterocycles. The van der Waals surface area contributed by atoms with E-state index >= 15 is 0 Å². The van der Waals surface area contributed by atoms with Gasteiger partial charge < -0.3 is 9.80 Å². The van der Waals surface area contributed by atoms with Gasteiger partial charge in [0.15, 0.2) is 0 Å². The van der Waals surface area contributed by atoms with Gasteiger partial charge in [0.25, 0.3) is 12.0 Å². The first-order chi connectivity index (χ1) is 13.6. The Bertz CT molecular complexity index is 857. The highest BCUT2D eigenvalue weighted by molar-refractivity contribution is 5.81. The van der Waals surface area contributed by atoms with E-state index in [0.717, 1.165) is 49.5 Å². The van der Waals surface area contributed by atoms with E-state index in [0.29, 0.717) is 10.9 Å². The van der Waals surface area contributed by atoms with Crippen LogP contribution in [-0.4, -0.2) is 78.1 Å². The molecule has 152 valence electrons. The van der Waals surface area contributed by atoms with Gasteiger partial charge in [-0.05, 0) is 44.1 Å². The number of nitrogens with zero attached hydrogens (tertiary/aromatic N) is 5. The third-order valence-electron chi connectivity index (χ3n) is 5.81. The summed E-state index contributed by atoms with van der Waals surface area (Å²) in [6.45, 7) is 8.06. The average Bonchev–Trinajstić information content (AvgIpc) is 3.22. The van der Waals surface area contributed by atoms with E-state index in [9.17, 15) is 13.6 Å². The molecular formula is C20H27F2N5O. The summed E-state index contributed by atoms with van der Waals surface area (Å²) in [7, 11) is 0. The van der Waals surface area contributed by atoms with Crippen molar-refractivity contribution in [2.24, 2.45) is 0 Å². The van der Waals surface area contributed by atoms with E-state index in [1.54, 1.807) is 6.07 Å². The van der Waals surface area contributed by atoms with Crippen LogP contribution in [0.3, 0.4) is 0 Å². The molecule has 28 heavy (non-hydrogen) atoms. The van der Waals surface area contributed by atoms with Gasteiger partial charge >= 0.3 is 0 Å². The van der Waals surface area contributed by atoms with E-state index in [2.05, 4.69) is 19.7 Å². The average molecular weight is 391 g/mol. The lowest BCUT2D eigenvalue weighted by atomic mass is 10.2. The van der Waals surface area contributed by atoms with Crippen LogP contribution in [0.5, 0.6) is 0 Å². The predicted molar refractivity (Wildman–Crippen MR) is 106 cm³/mol. The molecule has 2 aliphatic heterocycles. The molecule has 0 spiro atoms. The van der Waals surface area contributed by atoms with Gasteiger partial charge in [0.2, 0.25) is 0 Å². The maximum Gasteiger partial charge on any atom is 0.261 e. The van der Waals surface area contributed by atoms with Gasteiger partial charge in [-0.3, -0.25) is 14.3 Å². The molecule has 0 amide bonds. The van der Waals surface area contributed by atoms with Crippen molar-refractivity contribution in [1.82, 2.24) is 19.4 Å². The van der Waals surface area contributed by atoms with Crippen molar-refractivity contribution in [1.29, 1.82) is 0 Å². The van der Waals surface area contributed by atoms with Gasteiger partial charge in [-0.1, -0.05) is 0 Å². The van der Waals surface area contributed by atoms with Crippen LogP contribution in [0.15, 0.2) is 29.3 Å². The molecule has 0 saturated carbocycles. The summed E-state index contributed by atoms with van der Waals surface area (Å²) in [6.07, 6.45) is 1.31. The first-order valence-corrected chi connectivity index (χ1v) is 10.1. The van der Waals surface area contributed by atoms with Crippen molar-refractivity contribution >= 4 is 16.6 Å². The number of fused-ring (bicyclic) bond motifs is 1. The maximum absolute atomic E-state index is 12.6. The minimum absolute atomic E-state index is 0.385. The summed E-state index contributed by atoms with van der Waals surface area (Å²) in [5.74, 6) is 0. The lowest BCUT2D eigenvalue weighted by Gasteiger charge is -2.36. The topological polar surface area (TPSA) is 44.6 Å². The lowest BCUT2D eigenvalue weighted by molar-refractivity contribution is 0.125. The van der Waals surface area contributed by atoms with Gasteiger partial charge in [0.1, 0.15) is 0 Å². The normalized spacial score (nSPS) is 19.2. The van der Waals surface area contributed by atoms with E-state index in [1.807, 2.05) is 12.1 Å². The third-order valence-corrected chi connectivity index (χ3v) is 5.81. The van der Waals surface area contributed by atoms with Crippen LogP contribution in [0.25, 0.3) is 10.9 Å². The molecule has 0 bridgehead atoms. The molecule has 2 aliphatic rings. The second-order valence-electron chi connectivity index (χ2n) is 7.67. The summed E-state index contributed by atoms with van der Waals surface area (Å²) in [5.41, 5.74) is 1.18. The minimum Gasteiger partial charge on any atom is -0.369 e. The molecule has 0 aliphatic carbocycles. The summed E-state index contributed by atoms with van der Waals surface area (Å²) in [6, 6.07) is 5.50. The number of halogens is 2. The molecule has 2 aromatic rings. The minimum atomic E-state index is -2.57. The van der Waals surface area contributed by atoms with Gasteiger partial charge in [-0.2, -0.15) is 0 Å². The lowest BCUT2D eigenvalue weighted by Crippen LogP contribution is -2.48. The number of likely N-dealkylation sites (tertiary alicyclic amines) is 1. The van der Waals surface area contributed by atoms with Crippen molar-refractivity contribution in [3.05, 3.63) is 34.9 Å². The van der Waals surface area contributed by atoms with E-state index in [-0.39, 0.29) is 0 Å². The fourth-order valence-electron chi connectivity index (χ4n) is 4.14. The van der Waals surface area contributed by atoms with Crippen LogP contribution in [-0.2, 0) is 6.54 Å². The van der Waals surface area contributed by atoms with Crippen molar-refractivity contribution in [3.8, 4) is 0 Å². The zero-order chi connectivity index (χ0) is 19.5. The van der Waals surface area contributed by atoms with Crippen LogP contribution >= 0.6 is 0 Å². The number of anilines is 1. The van der Waals surface area contributed by atoms with Crippen LogP contribution in [0.4, 0.5) is 14.5 Å². The Kier molecular flexibility index (Phi) is 5.87. The van der Waals surface area contributed by atoms with Crippen LogP contribution < -0.4 is 10.5 Å². The second kappa shape index (κ2) is 8.53. The van der Waals surface area contributed by atoms with Crippen molar-refractivity contribution < 1.29 is 8.78 Å². The molecule has 3 heterocycles. The highest BCUT2D eigenvalue weighted by Gasteiger charge is 2.19. The number of piperazine rings is 1. The molecule has 6 nitrogen and oxygen atoms in total. The first kappa shape index (κ1) is 19.3. The smallest absolute Gasteiger partial charge is 0.261 e. The third kappa shape index (κ3) is 4.33. The highest BCUT2D eigenvalue weighted by atomic mass is 19.3. The molecule has 8 heteroatoms. The summed E-state index contributed by atoms with van der Waals surface area (Å²) in [4.78, 5) is 23.9. The van der Waals surface area contributed by atoms with Gasteiger partial charge in [-0.15, -0.1) is 0 Å². The van der Waals surface area contributed by atoms with E-state index < -0.39 is 18.5 Å². The maximum atomic E-state index is 12.6. The molecule has 0 unspecified atom stereocenters. The number of hydrogen-bond donors (Lipinski definition) is 0. The fourth-order valence-corrected chi connectivity index (χ4v) is 4.14. The monoisotopic (exact) mass is 391 g/mol. The molecule has 0 radical (unpaired) electrons. The van der Waals surface area contributed by atoms with Crippen molar-refractivity contribution in [2.75, 3.05) is 57.3 Å². The van der Waals surface area contributed by atoms with Gasteiger partial charge in [0.05, 0.1) is 23.8 Å². The fraction of sp³-hybridized carbons (Fsp3) is 0.600. The van der Waals surface area contributed by atoms with Crippen LogP contribution in [0, 0.1) is 0 Å².